The fraction of sp³-hybridized carbons (Fsp3) is 0.822. The lowest BCUT2D eigenvalue weighted by Gasteiger charge is -2.28. The molecule has 1 aliphatic rings. The second kappa shape index (κ2) is 39.3. The third-order valence-electron chi connectivity index (χ3n) is 9.04. The minimum Gasteiger partial charge on any atom is -0.347 e. The maximum absolute atomic E-state index is 6.59. The SMILES string of the molecule is C.CC.CCCCC/C=C\C/C=C\CCCCCCCCC1(CCCCCCCC/C=C\C/C=C\CCCCC)OCC(CCC)O1. The van der Waals surface area contributed by atoms with Gasteiger partial charge in [-0.05, 0) is 83.5 Å². The molecule has 1 saturated heterocycles. The van der Waals surface area contributed by atoms with Crippen molar-refractivity contribution >= 4 is 0 Å². The normalized spacial score (nSPS) is 16.1. The van der Waals surface area contributed by atoms with Crippen molar-refractivity contribution in [3.05, 3.63) is 48.6 Å². The Bertz CT molecular complexity index is 655. The van der Waals surface area contributed by atoms with Crippen LogP contribution in [0.1, 0.15) is 222 Å². The van der Waals surface area contributed by atoms with Crippen molar-refractivity contribution < 1.29 is 9.47 Å². The second-order valence-corrected chi connectivity index (χ2v) is 13.4. The summed E-state index contributed by atoms with van der Waals surface area (Å²) >= 11 is 0. The van der Waals surface area contributed by atoms with Crippen molar-refractivity contribution in [3.63, 3.8) is 0 Å². The van der Waals surface area contributed by atoms with Gasteiger partial charge in [-0.1, -0.05) is 174 Å². The van der Waals surface area contributed by atoms with E-state index >= 15 is 0 Å². The van der Waals surface area contributed by atoms with Gasteiger partial charge in [0.15, 0.2) is 5.79 Å². The van der Waals surface area contributed by atoms with E-state index in [4.69, 9.17) is 9.47 Å². The van der Waals surface area contributed by atoms with E-state index in [0.717, 1.165) is 38.7 Å². The molecule has 0 aromatic rings. The molecule has 47 heavy (non-hydrogen) atoms. The van der Waals surface area contributed by atoms with Gasteiger partial charge in [-0.2, -0.15) is 0 Å². The van der Waals surface area contributed by atoms with Crippen LogP contribution in [0.5, 0.6) is 0 Å². The molecular formula is C45H86O2. The molecule has 1 unspecified atom stereocenters. The van der Waals surface area contributed by atoms with Crippen molar-refractivity contribution in [1.29, 1.82) is 0 Å². The highest BCUT2D eigenvalue weighted by atomic mass is 16.7. The van der Waals surface area contributed by atoms with Gasteiger partial charge in [0.25, 0.3) is 0 Å². The summed E-state index contributed by atoms with van der Waals surface area (Å²) < 4.78 is 13.0. The van der Waals surface area contributed by atoms with E-state index in [9.17, 15) is 0 Å². The van der Waals surface area contributed by atoms with Crippen molar-refractivity contribution in [2.75, 3.05) is 6.61 Å². The summed E-state index contributed by atoms with van der Waals surface area (Å²) in [4.78, 5) is 0. The van der Waals surface area contributed by atoms with E-state index in [1.807, 2.05) is 13.8 Å². The van der Waals surface area contributed by atoms with Crippen LogP contribution in [0.4, 0.5) is 0 Å². The summed E-state index contributed by atoms with van der Waals surface area (Å²) in [5, 5.41) is 0. The largest absolute Gasteiger partial charge is 0.347 e. The zero-order chi connectivity index (χ0) is 33.7. The van der Waals surface area contributed by atoms with Gasteiger partial charge in [0.1, 0.15) is 0 Å². The maximum Gasteiger partial charge on any atom is 0.168 e. The van der Waals surface area contributed by atoms with Gasteiger partial charge in [0.2, 0.25) is 0 Å². The quantitative estimate of drug-likeness (QED) is 0.0529. The number of hydrogen-bond donors (Lipinski definition) is 0. The topological polar surface area (TPSA) is 18.5 Å². The van der Waals surface area contributed by atoms with Gasteiger partial charge >= 0.3 is 0 Å². The Kier molecular flexibility index (Phi) is 40.2. The molecule has 1 rings (SSSR count). The molecule has 0 amide bonds. The molecule has 2 nitrogen and oxygen atoms in total. The molecule has 0 saturated carbocycles. The van der Waals surface area contributed by atoms with Crippen LogP contribution in [-0.4, -0.2) is 18.5 Å². The molecule has 1 atom stereocenters. The first-order chi connectivity index (χ1) is 22.8. The van der Waals surface area contributed by atoms with Crippen molar-refractivity contribution in [1.82, 2.24) is 0 Å². The van der Waals surface area contributed by atoms with E-state index in [0.29, 0.717) is 6.10 Å². The Morgan fingerprint density at radius 3 is 1.21 bits per heavy atom. The Morgan fingerprint density at radius 2 is 0.830 bits per heavy atom. The number of hydrogen-bond acceptors (Lipinski definition) is 2. The number of allylic oxidation sites excluding steroid dienone is 8. The molecule has 1 fully saturated rings. The van der Waals surface area contributed by atoms with Crippen molar-refractivity contribution in [3.8, 4) is 0 Å². The molecule has 1 aliphatic heterocycles. The molecular weight excluding hydrogens is 572 g/mol. The van der Waals surface area contributed by atoms with Crippen LogP contribution in [0.2, 0.25) is 0 Å². The van der Waals surface area contributed by atoms with Crippen LogP contribution in [0.3, 0.4) is 0 Å². The molecule has 0 aliphatic carbocycles. The van der Waals surface area contributed by atoms with E-state index in [2.05, 4.69) is 69.4 Å². The minimum absolute atomic E-state index is 0. The Hall–Kier alpha value is -1.12. The molecule has 1 heterocycles. The summed E-state index contributed by atoms with van der Waals surface area (Å²) in [6.45, 7) is 11.6. The van der Waals surface area contributed by atoms with Crippen LogP contribution >= 0.6 is 0 Å². The Balaban J connectivity index is 0. The van der Waals surface area contributed by atoms with E-state index < -0.39 is 0 Å². The van der Waals surface area contributed by atoms with Crippen LogP contribution < -0.4 is 0 Å². The molecule has 0 aromatic heterocycles. The molecule has 0 radical (unpaired) electrons. The lowest BCUT2D eigenvalue weighted by atomic mass is 9.98. The summed E-state index contributed by atoms with van der Waals surface area (Å²) in [7, 11) is 0. The van der Waals surface area contributed by atoms with E-state index in [-0.39, 0.29) is 13.2 Å². The molecule has 0 aromatic carbocycles. The lowest BCUT2D eigenvalue weighted by Crippen LogP contribution is -2.31. The van der Waals surface area contributed by atoms with Crippen LogP contribution in [-0.2, 0) is 9.47 Å². The van der Waals surface area contributed by atoms with Crippen LogP contribution in [0.25, 0.3) is 0 Å². The molecule has 0 bridgehead atoms. The number of rotatable bonds is 32. The number of unbranched alkanes of at least 4 members (excludes halogenated alkanes) is 18. The third kappa shape index (κ3) is 31.9. The van der Waals surface area contributed by atoms with Crippen molar-refractivity contribution in [2.24, 2.45) is 0 Å². The fourth-order valence-corrected chi connectivity index (χ4v) is 6.23. The lowest BCUT2D eigenvalue weighted by molar-refractivity contribution is -0.180. The first kappa shape index (κ1) is 48.0. The summed E-state index contributed by atoms with van der Waals surface area (Å²) in [5.74, 6) is -0.287. The summed E-state index contributed by atoms with van der Waals surface area (Å²) in [5.41, 5.74) is 0. The summed E-state index contributed by atoms with van der Waals surface area (Å²) in [6, 6.07) is 0. The van der Waals surface area contributed by atoms with E-state index in [1.165, 1.54) is 148 Å². The van der Waals surface area contributed by atoms with Crippen molar-refractivity contribution in [2.45, 2.75) is 234 Å². The van der Waals surface area contributed by atoms with Gasteiger partial charge in [-0.3, -0.25) is 0 Å². The Labute approximate surface area is 297 Å². The first-order valence-corrected chi connectivity index (χ1v) is 20.7. The summed E-state index contributed by atoms with van der Waals surface area (Å²) in [6.07, 6.45) is 54.8. The molecule has 0 N–H and O–H groups in total. The maximum atomic E-state index is 6.59. The first-order valence-electron chi connectivity index (χ1n) is 20.7. The average Bonchev–Trinajstić information content (AvgIpc) is 3.48. The second-order valence-electron chi connectivity index (χ2n) is 13.4. The fourth-order valence-electron chi connectivity index (χ4n) is 6.23. The highest BCUT2D eigenvalue weighted by molar-refractivity contribution is 4.93. The zero-order valence-corrected chi connectivity index (χ0v) is 32.0. The predicted molar refractivity (Wildman–Crippen MR) is 214 cm³/mol. The Morgan fingerprint density at radius 1 is 0.468 bits per heavy atom. The standard InChI is InChI=1S/C42H76O2.C2H6.CH4/c1-4-7-9-11-13-15-17-19-21-23-25-27-29-31-33-35-38-42(43-40-41(44-42)37-6-3)39-36-34-32-30-28-26-24-22-20-18-16-14-12-10-8-5-2;1-2;/h13-16,19-22,41H,4-12,17-18,23-40H2,1-3H3;1-2H3;1H4/b15-13-,16-14-,21-19-,22-20-;;. The van der Waals surface area contributed by atoms with Gasteiger partial charge < -0.3 is 9.47 Å². The molecule has 278 valence electrons. The third-order valence-corrected chi connectivity index (χ3v) is 9.04. The average molecular weight is 659 g/mol. The molecule has 2 heteroatoms. The van der Waals surface area contributed by atoms with Crippen LogP contribution in [0.15, 0.2) is 48.6 Å². The van der Waals surface area contributed by atoms with Gasteiger partial charge in [-0.15, -0.1) is 0 Å². The highest BCUT2D eigenvalue weighted by Gasteiger charge is 2.39. The minimum atomic E-state index is -0.287. The number of ether oxygens (including phenoxy) is 2. The predicted octanol–water partition coefficient (Wildman–Crippen LogP) is 16.0. The van der Waals surface area contributed by atoms with Gasteiger partial charge in [0.05, 0.1) is 12.7 Å². The van der Waals surface area contributed by atoms with E-state index in [1.54, 1.807) is 0 Å². The smallest absolute Gasteiger partial charge is 0.168 e. The van der Waals surface area contributed by atoms with Gasteiger partial charge in [0, 0.05) is 12.8 Å². The zero-order valence-electron chi connectivity index (χ0n) is 32.0. The molecule has 0 spiro atoms. The monoisotopic (exact) mass is 659 g/mol. The van der Waals surface area contributed by atoms with Gasteiger partial charge in [-0.25, -0.2) is 0 Å². The van der Waals surface area contributed by atoms with Crippen LogP contribution in [0, 0.1) is 0 Å². The highest BCUT2D eigenvalue weighted by Crippen LogP contribution is 2.36.